The zero-order valence-corrected chi connectivity index (χ0v) is 7.50. The van der Waals surface area contributed by atoms with Crippen LogP contribution in [0.3, 0.4) is 0 Å². The zero-order chi connectivity index (χ0) is 8.72. The van der Waals surface area contributed by atoms with Crippen LogP contribution in [0.4, 0.5) is 0 Å². The minimum Gasteiger partial charge on any atom is -0.249 e. The van der Waals surface area contributed by atoms with E-state index in [1.807, 2.05) is 14.0 Å². The molecule has 5 heteroatoms. The third-order valence-electron chi connectivity index (χ3n) is 1.76. The predicted molar refractivity (Wildman–Crippen MR) is 46.1 cm³/mol. The van der Waals surface area contributed by atoms with Gasteiger partial charge in [-0.25, -0.2) is 4.68 Å². The van der Waals surface area contributed by atoms with Gasteiger partial charge in [0.1, 0.15) is 0 Å². The fourth-order valence-corrected chi connectivity index (χ4v) is 1.24. The first kappa shape index (κ1) is 7.49. The molecule has 0 amide bonds. The van der Waals surface area contributed by atoms with E-state index in [1.54, 1.807) is 10.9 Å². The lowest BCUT2D eigenvalue weighted by molar-refractivity contribution is 0.776. The molecule has 2 rings (SSSR count). The summed E-state index contributed by atoms with van der Waals surface area (Å²) in [6, 6.07) is 0. The molecule has 2 aromatic rings. The lowest BCUT2D eigenvalue weighted by Gasteiger charge is -1.96. The van der Waals surface area contributed by atoms with Crippen LogP contribution in [-0.2, 0) is 7.05 Å². The summed E-state index contributed by atoms with van der Waals surface area (Å²) in [7, 11) is 1.81. The number of fused-ring (bicyclic) bond motifs is 1. The molecular formula is C7H7ClN4. The maximum atomic E-state index is 5.98. The fraction of sp³-hybridized carbons (Fsp3) is 0.286. The number of hydrogen-bond acceptors (Lipinski definition) is 3. The molecule has 0 spiro atoms. The maximum Gasteiger partial charge on any atom is 0.181 e. The summed E-state index contributed by atoms with van der Waals surface area (Å²) in [6.07, 6.45) is 1.69. The molecule has 12 heavy (non-hydrogen) atoms. The number of nitrogens with zero attached hydrogens (tertiary/aromatic N) is 4. The van der Waals surface area contributed by atoms with Crippen molar-refractivity contribution in [3.63, 3.8) is 0 Å². The van der Waals surface area contributed by atoms with E-state index in [-0.39, 0.29) is 0 Å². The van der Waals surface area contributed by atoms with Crippen LogP contribution in [0.2, 0.25) is 5.02 Å². The van der Waals surface area contributed by atoms with Gasteiger partial charge in [-0.1, -0.05) is 11.6 Å². The quantitative estimate of drug-likeness (QED) is 0.617. The number of halogens is 1. The second-order valence-electron chi connectivity index (χ2n) is 2.60. The van der Waals surface area contributed by atoms with Crippen LogP contribution >= 0.6 is 11.6 Å². The van der Waals surface area contributed by atoms with Gasteiger partial charge in [0.05, 0.1) is 22.3 Å². The molecule has 62 valence electrons. The highest BCUT2D eigenvalue weighted by Gasteiger charge is 2.07. The SMILES string of the molecule is Cc1nnc2c(cnn2C)c1Cl. The summed E-state index contributed by atoms with van der Waals surface area (Å²) in [5, 5.41) is 13.4. The molecule has 0 bridgehead atoms. The Balaban J connectivity index is 2.93. The normalized spacial score (nSPS) is 10.9. The first-order valence-electron chi connectivity index (χ1n) is 3.50. The van der Waals surface area contributed by atoms with Gasteiger partial charge in [0, 0.05) is 7.05 Å². The van der Waals surface area contributed by atoms with Crippen molar-refractivity contribution in [3.8, 4) is 0 Å². The average molecular weight is 183 g/mol. The highest BCUT2D eigenvalue weighted by molar-refractivity contribution is 6.35. The van der Waals surface area contributed by atoms with Gasteiger partial charge in [0.15, 0.2) is 5.65 Å². The molecule has 0 aromatic carbocycles. The van der Waals surface area contributed by atoms with Crippen LogP contribution in [0.25, 0.3) is 11.0 Å². The molecule has 2 heterocycles. The first-order chi connectivity index (χ1) is 5.70. The third kappa shape index (κ3) is 0.881. The molecule has 0 aliphatic heterocycles. The van der Waals surface area contributed by atoms with Crippen LogP contribution in [-0.4, -0.2) is 20.0 Å². The average Bonchev–Trinajstić information content (AvgIpc) is 2.41. The zero-order valence-electron chi connectivity index (χ0n) is 6.74. The number of rotatable bonds is 0. The highest BCUT2D eigenvalue weighted by atomic mass is 35.5. The lowest BCUT2D eigenvalue weighted by Crippen LogP contribution is -1.95. The van der Waals surface area contributed by atoms with Gasteiger partial charge in [-0.05, 0) is 6.92 Å². The topological polar surface area (TPSA) is 43.6 Å². The van der Waals surface area contributed by atoms with E-state index < -0.39 is 0 Å². The van der Waals surface area contributed by atoms with Crippen molar-refractivity contribution in [3.05, 3.63) is 16.9 Å². The van der Waals surface area contributed by atoms with Crippen molar-refractivity contribution >= 4 is 22.6 Å². The second kappa shape index (κ2) is 2.42. The Morgan fingerprint density at radius 1 is 1.42 bits per heavy atom. The van der Waals surface area contributed by atoms with Gasteiger partial charge in [0.25, 0.3) is 0 Å². The van der Waals surface area contributed by atoms with E-state index in [9.17, 15) is 0 Å². The Kier molecular flexibility index (Phi) is 1.51. The van der Waals surface area contributed by atoms with Gasteiger partial charge in [0.2, 0.25) is 0 Å². The van der Waals surface area contributed by atoms with Gasteiger partial charge in [-0.15, -0.1) is 5.10 Å². The molecule has 0 aliphatic rings. The molecule has 0 radical (unpaired) electrons. The molecule has 0 saturated carbocycles. The number of aryl methyl sites for hydroxylation is 2. The van der Waals surface area contributed by atoms with E-state index in [0.717, 1.165) is 11.1 Å². The third-order valence-corrected chi connectivity index (χ3v) is 2.23. The Hall–Kier alpha value is -1.16. The predicted octanol–water partition coefficient (Wildman–Crippen LogP) is 1.33. The number of aromatic nitrogens is 4. The van der Waals surface area contributed by atoms with Crippen LogP contribution in [0.15, 0.2) is 6.20 Å². The molecule has 0 aliphatic carbocycles. The maximum absolute atomic E-state index is 5.98. The van der Waals surface area contributed by atoms with Gasteiger partial charge < -0.3 is 0 Å². The summed E-state index contributed by atoms with van der Waals surface area (Å²) >= 11 is 5.98. The standard InChI is InChI=1S/C7H7ClN4/c1-4-6(8)5-3-9-12(2)7(5)11-10-4/h3H,1-2H3. The van der Waals surface area contributed by atoms with Crippen LogP contribution < -0.4 is 0 Å². The van der Waals surface area contributed by atoms with Crippen LogP contribution in [0.1, 0.15) is 5.69 Å². The molecule has 0 unspecified atom stereocenters. The van der Waals surface area contributed by atoms with Crippen LogP contribution in [0, 0.1) is 6.92 Å². The molecule has 2 aromatic heterocycles. The Labute approximate surface area is 74.2 Å². The van der Waals surface area contributed by atoms with Gasteiger partial charge >= 0.3 is 0 Å². The fourth-order valence-electron chi connectivity index (χ4n) is 1.07. The van der Waals surface area contributed by atoms with Crippen molar-refractivity contribution in [1.29, 1.82) is 0 Å². The Morgan fingerprint density at radius 2 is 2.17 bits per heavy atom. The van der Waals surface area contributed by atoms with Crippen molar-refractivity contribution in [2.24, 2.45) is 7.05 Å². The second-order valence-corrected chi connectivity index (χ2v) is 2.98. The summed E-state index contributed by atoms with van der Waals surface area (Å²) in [6.45, 7) is 1.82. The molecule has 0 fully saturated rings. The largest absolute Gasteiger partial charge is 0.249 e. The van der Waals surface area contributed by atoms with E-state index in [0.29, 0.717) is 10.7 Å². The summed E-state index contributed by atoms with van der Waals surface area (Å²) in [4.78, 5) is 0. The lowest BCUT2D eigenvalue weighted by atomic mass is 10.3. The van der Waals surface area contributed by atoms with Crippen molar-refractivity contribution in [2.45, 2.75) is 6.92 Å². The number of hydrogen-bond donors (Lipinski definition) is 0. The van der Waals surface area contributed by atoms with Crippen molar-refractivity contribution < 1.29 is 0 Å². The molecule has 0 atom stereocenters. The first-order valence-corrected chi connectivity index (χ1v) is 3.88. The molecule has 0 saturated heterocycles. The smallest absolute Gasteiger partial charge is 0.181 e. The van der Waals surface area contributed by atoms with E-state index in [1.165, 1.54) is 0 Å². The van der Waals surface area contributed by atoms with Gasteiger partial charge in [-0.2, -0.15) is 10.2 Å². The molecular weight excluding hydrogens is 176 g/mol. The summed E-state index contributed by atoms with van der Waals surface area (Å²) in [5.74, 6) is 0. The minimum atomic E-state index is 0.633. The van der Waals surface area contributed by atoms with Crippen molar-refractivity contribution in [1.82, 2.24) is 20.0 Å². The summed E-state index contributed by atoms with van der Waals surface area (Å²) < 4.78 is 1.65. The molecule has 4 nitrogen and oxygen atoms in total. The monoisotopic (exact) mass is 182 g/mol. The Morgan fingerprint density at radius 3 is 2.92 bits per heavy atom. The van der Waals surface area contributed by atoms with Crippen molar-refractivity contribution in [2.75, 3.05) is 0 Å². The van der Waals surface area contributed by atoms with E-state index in [4.69, 9.17) is 11.6 Å². The highest BCUT2D eigenvalue weighted by Crippen LogP contribution is 2.22. The van der Waals surface area contributed by atoms with E-state index in [2.05, 4.69) is 15.3 Å². The van der Waals surface area contributed by atoms with Crippen LogP contribution in [0.5, 0.6) is 0 Å². The summed E-state index contributed by atoms with van der Waals surface area (Å²) in [5.41, 5.74) is 1.45. The van der Waals surface area contributed by atoms with E-state index >= 15 is 0 Å². The minimum absolute atomic E-state index is 0.633. The molecule has 0 N–H and O–H groups in total. The Bertz CT molecular complexity index is 434. The van der Waals surface area contributed by atoms with Gasteiger partial charge in [-0.3, -0.25) is 0 Å².